The Morgan fingerprint density at radius 2 is 1.85 bits per heavy atom. The van der Waals surface area contributed by atoms with Gasteiger partial charge in [0.15, 0.2) is 5.69 Å². The van der Waals surface area contributed by atoms with Gasteiger partial charge in [-0.25, -0.2) is 4.68 Å². The molecule has 2 aliphatic rings. The standard InChI is InChI=1S/C12H16ClN5O2/c13-7-11(19)16-3-5-17(6-4-16)12(20)10-8-18(15-14-10)9-1-2-9/h8-9H,1-7H2. The number of hydrogen-bond donors (Lipinski definition) is 0. The number of carbonyl (C=O) groups is 2. The molecule has 1 aromatic heterocycles. The van der Waals surface area contributed by atoms with Gasteiger partial charge < -0.3 is 9.80 Å². The molecule has 1 aromatic rings. The van der Waals surface area contributed by atoms with E-state index in [-0.39, 0.29) is 17.7 Å². The van der Waals surface area contributed by atoms with E-state index in [0.29, 0.717) is 37.9 Å². The minimum atomic E-state index is -0.116. The molecule has 1 saturated heterocycles. The van der Waals surface area contributed by atoms with Crippen LogP contribution in [0.5, 0.6) is 0 Å². The van der Waals surface area contributed by atoms with Crippen LogP contribution in [0.15, 0.2) is 6.20 Å². The zero-order valence-corrected chi connectivity index (χ0v) is 11.8. The molecule has 1 saturated carbocycles. The van der Waals surface area contributed by atoms with Crippen molar-refractivity contribution in [2.75, 3.05) is 32.1 Å². The largest absolute Gasteiger partial charge is 0.338 e. The molecule has 3 rings (SSSR count). The topological polar surface area (TPSA) is 71.3 Å². The summed E-state index contributed by atoms with van der Waals surface area (Å²) in [6.07, 6.45) is 3.93. The third kappa shape index (κ3) is 2.63. The van der Waals surface area contributed by atoms with Gasteiger partial charge in [-0.15, -0.1) is 16.7 Å². The van der Waals surface area contributed by atoms with Crippen LogP contribution in [0.3, 0.4) is 0 Å². The molecule has 1 aliphatic carbocycles. The Bertz CT molecular complexity index is 520. The Labute approximate surface area is 121 Å². The van der Waals surface area contributed by atoms with Crippen molar-refractivity contribution in [3.63, 3.8) is 0 Å². The zero-order valence-electron chi connectivity index (χ0n) is 11.0. The second kappa shape index (κ2) is 5.40. The highest BCUT2D eigenvalue weighted by Crippen LogP contribution is 2.33. The van der Waals surface area contributed by atoms with E-state index in [9.17, 15) is 9.59 Å². The lowest BCUT2D eigenvalue weighted by Crippen LogP contribution is -2.51. The summed E-state index contributed by atoms with van der Waals surface area (Å²) in [5.41, 5.74) is 0.383. The molecule has 8 heteroatoms. The fourth-order valence-corrected chi connectivity index (χ4v) is 2.47. The molecule has 2 fully saturated rings. The Balaban J connectivity index is 1.59. The Morgan fingerprint density at radius 1 is 1.20 bits per heavy atom. The van der Waals surface area contributed by atoms with Gasteiger partial charge in [0.05, 0.1) is 12.2 Å². The van der Waals surface area contributed by atoms with Crippen LogP contribution in [0.2, 0.25) is 0 Å². The van der Waals surface area contributed by atoms with Crippen LogP contribution in [0, 0.1) is 0 Å². The fourth-order valence-electron chi connectivity index (χ4n) is 2.30. The van der Waals surface area contributed by atoms with Gasteiger partial charge in [0, 0.05) is 26.2 Å². The Kier molecular flexibility index (Phi) is 3.60. The average molecular weight is 298 g/mol. The quantitative estimate of drug-likeness (QED) is 0.744. The molecule has 0 atom stereocenters. The van der Waals surface area contributed by atoms with Crippen molar-refractivity contribution in [1.29, 1.82) is 0 Å². The molecule has 0 unspecified atom stereocenters. The van der Waals surface area contributed by atoms with Crippen molar-refractivity contribution < 1.29 is 9.59 Å². The summed E-state index contributed by atoms with van der Waals surface area (Å²) in [7, 11) is 0. The van der Waals surface area contributed by atoms with Gasteiger partial charge >= 0.3 is 0 Å². The third-order valence-electron chi connectivity index (χ3n) is 3.68. The smallest absolute Gasteiger partial charge is 0.276 e. The van der Waals surface area contributed by atoms with Gasteiger partial charge in [-0.3, -0.25) is 9.59 Å². The number of rotatable bonds is 3. The van der Waals surface area contributed by atoms with Gasteiger partial charge in [0.1, 0.15) is 5.88 Å². The predicted octanol–water partition coefficient (Wildman–Crippen LogP) is 0.136. The van der Waals surface area contributed by atoms with Crippen LogP contribution in [-0.4, -0.2) is 68.7 Å². The number of piperazine rings is 1. The van der Waals surface area contributed by atoms with Crippen molar-refractivity contribution in [3.05, 3.63) is 11.9 Å². The van der Waals surface area contributed by atoms with Crippen LogP contribution in [0.1, 0.15) is 29.4 Å². The van der Waals surface area contributed by atoms with E-state index in [4.69, 9.17) is 11.6 Å². The maximum atomic E-state index is 12.3. The first-order valence-electron chi connectivity index (χ1n) is 6.74. The summed E-state index contributed by atoms with van der Waals surface area (Å²) >= 11 is 5.53. The molecular weight excluding hydrogens is 282 g/mol. The van der Waals surface area contributed by atoms with Crippen molar-refractivity contribution in [2.45, 2.75) is 18.9 Å². The molecule has 2 amide bonds. The molecule has 1 aliphatic heterocycles. The van der Waals surface area contributed by atoms with Crippen LogP contribution in [-0.2, 0) is 4.79 Å². The number of halogens is 1. The first-order valence-corrected chi connectivity index (χ1v) is 7.27. The molecule has 20 heavy (non-hydrogen) atoms. The summed E-state index contributed by atoms with van der Waals surface area (Å²) in [6, 6.07) is 0.419. The average Bonchev–Trinajstić information content (AvgIpc) is 3.23. The Hall–Kier alpha value is -1.63. The first-order chi connectivity index (χ1) is 9.69. The van der Waals surface area contributed by atoms with Gasteiger partial charge in [-0.1, -0.05) is 5.21 Å². The van der Waals surface area contributed by atoms with Gasteiger partial charge in [-0.2, -0.15) is 0 Å². The van der Waals surface area contributed by atoms with Crippen LogP contribution < -0.4 is 0 Å². The minimum absolute atomic E-state index is 0.0103. The lowest BCUT2D eigenvalue weighted by Gasteiger charge is -2.34. The normalized spacial score (nSPS) is 19.2. The SMILES string of the molecule is O=C(CCl)N1CCN(C(=O)c2cn(C3CC3)nn2)CC1. The summed E-state index contributed by atoms with van der Waals surface area (Å²) < 4.78 is 1.76. The summed E-state index contributed by atoms with van der Waals surface area (Å²) in [4.78, 5) is 27.1. The van der Waals surface area contributed by atoms with Crippen molar-refractivity contribution >= 4 is 23.4 Å². The highest BCUT2D eigenvalue weighted by molar-refractivity contribution is 6.27. The monoisotopic (exact) mass is 297 g/mol. The van der Waals surface area contributed by atoms with Crippen LogP contribution >= 0.6 is 11.6 Å². The molecule has 0 spiro atoms. The summed E-state index contributed by atoms with van der Waals surface area (Å²) in [5, 5.41) is 7.93. The fraction of sp³-hybridized carbons (Fsp3) is 0.667. The van der Waals surface area contributed by atoms with Crippen LogP contribution in [0.25, 0.3) is 0 Å². The zero-order chi connectivity index (χ0) is 14.1. The molecule has 0 radical (unpaired) electrons. The molecule has 108 valence electrons. The first kappa shape index (κ1) is 13.4. The van der Waals surface area contributed by atoms with Gasteiger partial charge in [0.25, 0.3) is 5.91 Å². The van der Waals surface area contributed by atoms with Crippen molar-refractivity contribution in [1.82, 2.24) is 24.8 Å². The second-order valence-corrected chi connectivity index (χ2v) is 5.39. The molecule has 0 bridgehead atoms. The highest BCUT2D eigenvalue weighted by atomic mass is 35.5. The van der Waals surface area contributed by atoms with E-state index in [2.05, 4.69) is 10.3 Å². The summed E-state index contributed by atoms with van der Waals surface area (Å²) in [6.45, 7) is 2.07. The number of alkyl halides is 1. The van der Waals surface area contributed by atoms with E-state index < -0.39 is 0 Å². The van der Waals surface area contributed by atoms with Gasteiger partial charge in [0.2, 0.25) is 5.91 Å². The second-order valence-electron chi connectivity index (χ2n) is 5.12. The molecule has 0 aromatic carbocycles. The number of hydrogen-bond acceptors (Lipinski definition) is 4. The highest BCUT2D eigenvalue weighted by Gasteiger charge is 2.29. The minimum Gasteiger partial charge on any atom is -0.338 e. The molecule has 2 heterocycles. The van der Waals surface area contributed by atoms with Crippen molar-refractivity contribution in [3.8, 4) is 0 Å². The number of carbonyl (C=O) groups excluding carboxylic acids is 2. The van der Waals surface area contributed by atoms with E-state index in [1.54, 1.807) is 20.7 Å². The molecular formula is C12H16ClN5O2. The summed E-state index contributed by atoms with van der Waals surface area (Å²) in [5.74, 6) is -0.211. The Morgan fingerprint density at radius 3 is 2.45 bits per heavy atom. The number of aromatic nitrogens is 3. The van der Waals surface area contributed by atoms with Crippen LogP contribution in [0.4, 0.5) is 0 Å². The van der Waals surface area contributed by atoms with E-state index >= 15 is 0 Å². The maximum absolute atomic E-state index is 12.3. The lowest BCUT2D eigenvalue weighted by molar-refractivity contribution is -0.129. The number of amides is 2. The lowest BCUT2D eigenvalue weighted by atomic mass is 10.3. The van der Waals surface area contributed by atoms with E-state index in [1.165, 1.54) is 0 Å². The van der Waals surface area contributed by atoms with E-state index in [0.717, 1.165) is 12.8 Å². The predicted molar refractivity (Wildman–Crippen MR) is 71.5 cm³/mol. The third-order valence-corrected chi connectivity index (χ3v) is 3.91. The number of nitrogens with zero attached hydrogens (tertiary/aromatic N) is 5. The maximum Gasteiger partial charge on any atom is 0.276 e. The van der Waals surface area contributed by atoms with Crippen molar-refractivity contribution in [2.24, 2.45) is 0 Å². The van der Waals surface area contributed by atoms with Gasteiger partial charge in [-0.05, 0) is 12.8 Å². The molecule has 0 N–H and O–H groups in total. The van der Waals surface area contributed by atoms with E-state index in [1.807, 2.05) is 0 Å². The molecule has 7 nitrogen and oxygen atoms in total.